The number of amides is 1. The molecule has 1 atom stereocenters. The van der Waals surface area contributed by atoms with Gasteiger partial charge in [0.2, 0.25) is 5.88 Å². The maximum atomic E-state index is 12.9. The molecule has 33 heavy (non-hydrogen) atoms. The van der Waals surface area contributed by atoms with Crippen molar-refractivity contribution in [2.24, 2.45) is 0 Å². The van der Waals surface area contributed by atoms with Gasteiger partial charge in [-0.3, -0.25) is 10.1 Å². The smallest absolute Gasteiger partial charge is 0.257 e. The summed E-state index contributed by atoms with van der Waals surface area (Å²) in [5, 5.41) is 14.9. The van der Waals surface area contributed by atoms with Crippen LogP contribution in [-0.4, -0.2) is 13.0 Å². The largest absolute Gasteiger partial charge is 0.497 e. The molecule has 1 aliphatic rings. The molecule has 4 aromatic carbocycles. The molecule has 0 bridgehead atoms. The highest BCUT2D eigenvalue weighted by atomic mass is 16.5. The molecule has 4 aromatic rings. The Labute approximate surface area is 191 Å². The Morgan fingerprint density at radius 3 is 2.39 bits per heavy atom. The molecular formula is C28H20N2O3. The molecule has 1 N–H and O–H groups in total. The lowest BCUT2D eigenvalue weighted by molar-refractivity contribution is 0.0948. The Balaban J connectivity index is 1.68. The Hall–Kier alpha value is -4.56. The molecule has 0 aromatic heterocycles. The third-order valence-corrected chi connectivity index (χ3v) is 5.79. The van der Waals surface area contributed by atoms with E-state index in [1.165, 1.54) is 0 Å². The molecule has 5 nitrogen and oxygen atoms in total. The molecule has 5 rings (SSSR count). The molecule has 1 aliphatic heterocycles. The zero-order chi connectivity index (χ0) is 22.8. The maximum absolute atomic E-state index is 12.9. The number of allylic oxidation sites excluding steroid dienone is 1. The summed E-state index contributed by atoms with van der Waals surface area (Å²) in [6.07, 6.45) is 0. The Bertz CT molecular complexity index is 1420. The first-order valence-electron chi connectivity index (χ1n) is 10.5. The lowest BCUT2D eigenvalue weighted by atomic mass is 9.82. The van der Waals surface area contributed by atoms with Crippen LogP contribution in [0, 0.1) is 11.3 Å². The topological polar surface area (TPSA) is 71.3 Å². The predicted octanol–water partition coefficient (Wildman–Crippen LogP) is 5.54. The quantitative estimate of drug-likeness (QED) is 0.460. The fourth-order valence-electron chi connectivity index (χ4n) is 4.16. The van der Waals surface area contributed by atoms with Gasteiger partial charge in [-0.15, -0.1) is 0 Å². The summed E-state index contributed by atoms with van der Waals surface area (Å²) >= 11 is 0. The van der Waals surface area contributed by atoms with E-state index in [-0.39, 0.29) is 11.8 Å². The summed E-state index contributed by atoms with van der Waals surface area (Å²) in [7, 11) is 1.61. The second-order valence-electron chi connectivity index (χ2n) is 7.69. The van der Waals surface area contributed by atoms with Gasteiger partial charge < -0.3 is 9.47 Å². The minimum Gasteiger partial charge on any atom is -0.497 e. The average Bonchev–Trinajstić information content (AvgIpc) is 2.88. The van der Waals surface area contributed by atoms with Crippen molar-refractivity contribution in [2.75, 3.05) is 7.11 Å². The van der Waals surface area contributed by atoms with Crippen LogP contribution in [0.25, 0.3) is 10.8 Å². The molecule has 0 saturated heterocycles. The summed E-state index contributed by atoms with van der Waals surface area (Å²) in [4.78, 5) is 12.9. The number of rotatable bonds is 4. The van der Waals surface area contributed by atoms with E-state index >= 15 is 0 Å². The number of nitriles is 1. The van der Waals surface area contributed by atoms with Crippen molar-refractivity contribution in [1.29, 1.82) is 5.26 Å². The van der Waals surface area contributed by atoms with Gasteiger partial charge in [-0.25, -0.2) is 0 Å². The average molecular weight is 432 g/mol. The number of nitrogens with one attached hydrogen (secondary N) is 1. The van der Waals surface area contributed by atoms with Gasteiger partial charge in [-0.1, -0.05) is 66.7 Å². The van der Waals surface area contributed by atoms with Gasteiger partial charge >= 0.3 is 0 Å². The number of benzene rings is 4. The molecule has 0 aliphatic carbocycles. The number of carbonyl (C=O) groups excluding carboxylic acids is 1. The number of ether oxygens (including phenoxy) is 2. The number of fused-ring (bicyclic) bond motifs is 3. The van der Waals surface area contributed by atoms with Gasteiger partial charge in [0.25, 0.3) is 5.91 Å². The van der Waals surface area contributed by atoms with E-state index in [9.17, 15) is 10.1 Å². The predicted molar refractivity (Wildman–Crippen MR) is 126 cm³/mol. The zero-order valence-corrected chi connectivity index (χ0v) is 17.9. The van der Waals surface area contributed by atoms with E-state index < -0.39 is 5.92 Å². The number of hydrogen-bond acceptors (Lipinski definition) is 4. The Morgan fingerprint density at radius 2 is 1.67 bits per heavy atom. The van der Waals surface area contributed by atoms with Crippen LogP contribution in [0.1, 0.15) is 27.4 Å². The van der Waals surface area contributed by atoms with Crippen molar-refractivity contribution in [1.82, 2.24) is 5.32 Å². The zero-order valence-electron chi connectivity index (χ0n) is 17.9. The molecule has 160 valence electrons. The molecule has 0 saturated carbocycles. The molecular weight excluding hydrogens is 412 g/mol. The minimum absolute atomic E-state index is 0.149. The highest BCUT2D eigenvalue weighted by Gasteiger charge is 2.33. The van der Waals surface area contributed by atoms with Crippen molar-refractivity contribution in [3.63, 3.8) is 0 Å². The van der Waals surface area contributed by atoms with Crippen molar-refractivity contribution in [2.45, 2.75) is 5.92 Å². The van der Waals surface area contributed by atoms with Gasteiger partial charge in [0.05, 0.1) is 13.0 Å². The fraction of sp³-hybridized carbons (Fsp3) is 0.0714. The van der Waals surface area contributed by atoms with Gasteiger partial charge in [0.1, 0.15) is 23.1 Å². The summed E-state index contributed by atoms with van der Waals surface area (Å²) in [5.74, 6) is 0.771. The summed E-state index contributed by atoms with van der Waals surface area (Å²) in [5.41, 5.74) is 2.59. The van der Waals surface area contributed by atoms with Crippen molar-refractivity contribution in [3.8, 4) is 17.6 Å². The third kappa shape index (κ3) is 3.68. The standard InChI is InChI=1S/C28H20N2O3/c1-32-21-14-11-19(12-15-21)25-23-16-13-18-7-5-6-10-22(18)26(23)33-28(24(25)17-29)30-27(31)20-8-3-2-4-9-20/h2-16,25H,1H3,(H,30,31). The lowest BCUT2D eigenvalue weighted by Crippen LogP contribution is -2.31. The van der Waals surface area contributed by atoms with E-state index in [4.69, 9.17) is 9.47 Å². The number of nitrogens with zero attached hydrogens (tertiary/aromatic N) is 1. The van der Waals surface area contributed by atoms with Gasteiger partial charge in [-0.05, 0) is 35.2 Å². The molecule has 5 heteroatoms. The number of methoxy groups -OCH3 is 1. The number of carbonyl (C=O) groups is 1. The van der Waals surface area contributed by atoms with E-state index in [2.05, 4.69) is 11.4 Å². The van der Waals surface area contributed by atoms with Crippen molar-refractivity contribution < 1.29 is 14.3 Å². The summed E-state index contributed by atoms with van der Waals surface area (Å²) in [6.45, 7) is 0. The van der Waals surface area contributed by atoms with E-state index in [1.54, 1.807) is 31.4 Å². The van der Waals surface area contributed by atoms with Crippen molar-refractivity contribution in [3.05, 3.63) is 119 Å². The van der Waals surface area contributed by atoms with Crippen molar-refractivity contribution >= 4 is 16.7 Å². The van der Waals surface area contributed by atoms with Crippen LogP contribution in [0.5, 0.6) is 11.5 Å². The normalized spacial score (nSPS) is 14.7. The first kappa shape index (κ1) is 20.3. The van der Waals surface area contributed by atoms with Crippen LogP contribution in [0.4, 0.5) is 0 Å². The van der Waals surface area contributed by atoms with E-state index in [1.807, 2.05) is 66.7 Å². The molecule has 1 amide bonds. The van der Waals surface area contributed by atoms with Crippen LogP contribution in [0.2, 0.25) is 0 Å². The van der Waals surface area contributed by atoms with E-state index in [0.29, 0.717) is 16.9 Å². The Kier molecular flexibility index (Phi) is 5.26. The number of hydrogen-bond donors (Lipinski definition) is 1. The molecule has 1 unspecified atom stereocenters. The Morgan fingerprint density at radius 1 is 0.939 bits per heavy atom. The van der Waals surface area contributed by atoms with Crippen LogP contribution in [-0.2, 0) is 0 Å². The monoisotopic (exact) mass is 432 g/mol. The molecule has 0 spiro atoms. The van der Waals surface area contributed by atoms with Crippen LogP contribution >= 0.6 is 0 Å². The molecule has 0 radical (unpaired) electrons. The van der Waals surface area contributed by atoms with Crippen LogP contribution in [0.3, 0.4) is 0 Å². The first-order chi connectivity index (χ1) is 16.2. The van der Waals surface area contributed by atoms with Crippen LogP contribution in [0.15, 0.2) is 102 Å². The van der Waals surface area contributed by atoms with E-state index in [0.717, 1.165) is 27.6 Å². The second kappa shape index (κ2) is 8.52. The molecule has 1 heterocycles. The van der Waals surface area contributed by atoms with Gasteiger partial charge in [0, 0.05) is 16.5 Å². The third-order valence-electron chi connectivity index (χ3n) is 5.79. The summed E-state index contributed by atoms with van der Waals surface area (Å²) in [6, 6.07) is 30.6. The van der Waals surface area contributed by atoms with Gasteiger partial charge in [0.15, 0.2) is 0 Å². The second-order valence-corrected chi connectivity index (χ2v) is 7.69. The SMILES string of the molecule is COc1ccc(C2C(C#N)=C(NC(=O)c3ccccc3)Oc3c2ccc2ccccc32)cc1. The minimum atomic E-state index is -0.402. The van der Waals surface area contributed by atoms with Gasteiger partial charge in [-0.2, -0.15) is 5.26 Å². The molecule has 0 fully saturated rings. The fourth-order valence-corrected chi connectivity index (χ4v) is 4.16. The highest BCUT2D eigenvalue weighted by Crippen LogP contribution is 2.45. The van der Waals surface area contributed by atoms with Crippen LogP contribution < -0.4 is 14.8 Å². The first-order valence-corrected chi connectivity index (χ1v) is 10.5. The highest BCUT2D eigenvalue weighted by molar-refractivity contribution is 5.96. The lowest BCUT2D eigenvalue weighted by Gasteiger charge is -2.29. The summed E-state index contributed by atoms with van der Waals surface area (Å²) < 4.78 is 11.5. The maximum Gasteiger partial charge on any atom is 0.257 e.